The van der Waals surface area contributed by atoms with E-state index in [0.29, 0.717) is 17.6 Å². The second-order valence-corrected chi connectivity index (χ2v) is 5.29. The number of nitrogens with one attached hydrogen (secondary N) is 1. The molecule has 1 unspecified atom stereocenters. The molecule has 1 atom stereocenters. The summed E-state index contributed by atoms with van der Waals surface area (Å²) in [6, 6.07) is 10.5. The first kappa shape index (κ1) is 18.9. The molecule has 0 aliphatic heterocycles. The van der Waals surface area contributed by atoms with Crippen molar-refractivity contribution in [3.8, 4) is 5.75 Å². The molecular weight excluding hydrogens is 285 g/mol. The van der Waals surface area contributed by atoms with E-state index >= 15 is 0 Å². The van der Waals surface area contributed by atoms with Crippen LogP contribution in [0.5, 0.6) is 5.75 Å². The fraction of sp³-hybridized carbons (Fsp3) is 0.412. The van der Waals surface area contributed by atoms with Gasteiger partial charge in [-0.05, 0) is 18.9 Å². The van der Waals surface area contributed by atoms with Crippen molar-refractivity contribution in [1.29, 1.82) is 0 Å². The van der Waals surface area contributed by atoms with E-state index < -0.39 is 0 Å². The van der Waals surface area contributed by atoms with Crippen LogP contribution < -0.4 is 5.32 Å². The fourth-order valence-corrected chi connectivity index (χ4v) is 2.32. The Balaban J connectivity index is 0.00000242. The number of nitrogens with zero attached hydrogens (tertiary/aromatic N) is 2. The molecule has 114 valence electrons. The van der Waals surface area contributed by atoms with Crippen molar-refractivity contribution >= 4 is 35.5 Å². The van der Waals surface area contributed by atoms with Crippen molar-refractivity contribution in [2.45, 2.75) is 39.0 Å². The zero-order chi connectivity index (χ0) is 15.1. The van der Waals surface area contributed by atoms with Gasteiger partial charge in [-0.1, -0.05) is 50.1 Å². The fourth-order valence-electron chi connectivity index (χ4n) is 2.32. The average Bonchev–Trinajstić information content (AvgIpc) is 2.51. The van der Waals surface area contributed by atoms with Gasteiger partial charge in [0.05, 0.1) is 11.9 Å². The van der Waals surface area contributed by atoms with Gasteiger partial charge < -0.3 is 10.4 Å². The van der Waals surface area contributed by atoms with Crippen LogP contribution in [0.3, 0.4) is 0 Å². The molecule has 2 rings (SSSR count). The Kier molecular flexibility index (Phi) is 8.46. The molecule has 0 saturated heterocycles. The van der Waals surface area contributed by atoms with Crippen molar-refractivity contribution in [1.82, 2.24) is 9.97 Å². The summed E-state index contributed by atoms with van der Waals surface area (Å²) in [5.74, 6) is 1.15. The zero-order valence-electron chi connectivity index (χ0n) is 12.7. The Hall–Kier alpha value is -1.10. The number of anilines is 1. The van der Waals surface area contributed by atoms with Crippen molar-refractivity contribution in [3.63, 3.8) is 0 Å². The predicted octanol–water partition coefficient (Wildman–Crippen LogP) is 3.23. The van der Waals surface area contributed by atoms with Gasteiger partial charge in [-0.2, -0.15) is 0 Å². The molecule has 0 spiro atoms. The van der Waals surface area contributed by atoms with Crippen LogP contribution in [0.25, 0.3) is 0 Å². The van der Waals surface area contributed by atoms with Crippen LogP contribution in [-0.2, 0) is 0 Å². The van der Waals surface area contributed by atoms with Crippen molar-refractivity contribution in [2.75, 3.05) is 11.9 Å². The summed E-state index contributed by atoms with van der Waals surface area (Å²) in [6.45, 7) is 4.78. The topological polar surface area (TPSA) is 58.0 Å². The van der Waals surface area contributed by atoms with E-state index in [-0.39, 0.29) is 35.3 Å². The maximum absolute atomic E-state index is 9.46. The predicted molar refractivity (Wildman–Crippen MR) is 92.8 cm³/mol. The second-order valence-electron chi connectivity index (χ2n) is 5.29. The number of aromatic nitrogens is 2. The third-order valence-electron chi connectivity index (χ3n) is 3.64. The van der Waals surface area contributed by atoms with Gasteiger partial charge in [0.15, 0.2) is 5.75 Å². The van der Waals surface area contributed by atoms with Gasteiger partial charge in [-0.3, -0.25) is 0 Å². The third-order valence-corrected chi connectivity index (χ3v) is 3.64. The summed E-state index contributed by atoms with van der Waals surface area (Å²) in [6.07, 6.45) is 4.98. The number of aryl methyl sites for hydroxylation is 1. The number of hydrogen-bond donors (Lipinski definition) is 2. The molecule has 0 amide bonds. The molecule has 1 heterocycles. The molecule has 2 aromatic rings. The van der Waals surface area contributed by atoms with Crippen molar-refractivity contribution in [3.05, 3.63) is 47.8 Å². The molecule has 0 saturated carbocycles. The molecule has 22 heavy (non-hydrogen) atoms. The molecule has 1 aromatic heterocycles. The van der Waals surface area contributed by atoms with Gasteiger partial charge in [0.1, 0.15) is 0 Å². The molecular formula is C17H24N3NaO. The van der Waals surface area contributed by atoms with Gasteiger partial charge >= 0.3 is 29.6 Å². The monoisotopic (exact) mass is 309 g/mol. The Labute approximate surface area is 154 Å². The van der Waals surface area contributed by atoms with Crippen molar-refractivity contribution < 1.29 is 5.11 Å². The van der Waals surface area contributed by atoms with Crippen LogP contribution in [-0.4, -0.2) is 51.2 Å². The number of hydrogen-bond acceptors (Lipinski definition) is 4. The molecule has 0 bridgehead atoms. The first-order valence-electron chi connectivity index (χ1n) is 7.52. The Morgan fingerprint density at radius 1 is 1.23 bits per heavy atom. The summed E-state index contributed by atoms with van der Waals surface area (Å²) in [4.78, 5) is 8.36. The third kappa shape index (κ3) is 5.59. The molecule has 4 nitrogen and oxygen atoms in total. The van der Waals surface area contributed by atoms with Crippen LogP contribution in [0, 0.1) is 6.92 Å². The summed E-state index contributed by atoms with van der Waals surface area (Å²) >= 11 is 0. The quantitative estimate of drug-likeness (QED) is 0.771. The minimum absolute atomic E-state index is 0. The minimum atomic E-state index is 0. The number of unbranched alkanes of at least 4 members (excludes halogenated alkanes) is 1. The van der Waals surface area contributed by atoms with Crippen LogP contribution in [0.15, 0.2) is 36.5 Å². The molecule has 0 aliphatic rings. The Morgan fingerprint density at radius 2 is 1.95 bits per heavy atom. The van der Waals surface area contributed by atoms with Gasteiger partial charge in [0.25, 0.3) is 0 Å². The first-order chi connectivity index (χ1) is 10.2. The normalized spacial score (nSPS) is 11.5. The Bertz CT molecular complexity index is 563. The van der Waals surface area contributed by atoms with Crippen LogP contribution in [0.4, 0.5) is 5.95 Å². The first-order valence-corrected chi connectivity index (χ1v) is 7.52. The standard InChI is InChI=1S/C17H23N3O.Na.H/c1-3-4-8-15(14-9-6-5-7-10-14)11-18-17-19-12-16(21)13(2)20-17;;/h5-7,9-10,12,15,21H,3-4,8,11H2,1-2H3,(H,18,19,20);;. The van der Waals surface area contributed by atoms with E-state index in [4.69, 9.17) is 0 Å². The van der Waals surface area contributed by atoms with Gasteiger partial charge in [0, 0.05) is 12.5 Å². The van der Waals surface area contributed by atoms with Crippen LogP contribution >= 0.6 is 0 Å². The summed E-state index contributed by atoms with van der Waals surface area (Å²) in [7, 11) is 0. The van der Waals surface area contributed by atoms with E-state index in [1.54, 1.807) is 6.92 Å². The van der Waals surface area contributed by atoms with E-state index in [1.807, 2.05) is 6.07 Å². The summed E-state index contributed by atoms with van der Waals surface area (Å²) in [5.41, 5.74) is 1.94. The molecule has 2 N–H and O–H groups in total. The summed E-state index contributed by atoms with van der Waals surface area (Å²) < 4.78 is 0. The molecule has 0 radical (unpaired) electrons. The second kappa shape index (κ2) is 9.82. The number of rotatable bonds is 7. The van der Waals surface area contributed by atoms with E-state index in [1.165, 1.54) is 24.6 Å². The van der Waals surface area contributed by atoms with Gasteiger partial charge in [-0.25, -0.2) is 9.97 Å². The van der Waals surface area contributed by atoms with E-state index in [9.17, 15) is 5.11 Å². The zero-order valence-corrected chi connectivity index (χ0v) is 12.7. The maximum atomic E-state index is 9.46. The average molecular weight is 309 g/mol. The van der Waals surface area contributed by atoms with Crippen LogP contribution in [0.1, 0.15) is 43.4 Å². The Morgan fingerprint density at radius 3 is 2.59 bits per heavy atom. The number of benzene rings is 1. The molecule has 5 heteroatoms. The van der Waals surface area contributed by atoms with E-state index in [2.05, 4.69) is 46.5 Å². The SMILES string of the molecule is CCCCC(CNc1ncc(O)c(C)n1)c1ccccc1.[NaH]. The molecule has 0 fully saturated rings. The molecule has 0 aliphatic carbocycles. The number of aromatic hydroxyl groups is 1. The van der Waals surface area contributed by atoms with Crippen LogP contribution in [0.2, 0.25) is 0 Å². The molecule has 1 aromatic carbocycles. The van der Waals surface area contributed by atoms with E-state index in [0.717, 1.165) is 13.0 Å². The van der Waals surface area contributed by atoms with Gasteiger partial charge in [-0.15, -0.1) is 0 Å². The van der Waals surface area contributed by atoms with Gasteiger partial charge in [0.2, 0.25) is 5.95 Å². The summed E-state index contributed by atoms with van der Waals surface area (Å²) in [5, 5.41) is 12.7. The van der Waals surface area contributed by atoms with Crippen molar-refractivity contribution in [2.24, 2.45) is 0 Å².